The number of pyridine rings is 2. The molecule has 0 amide bonds. The van der Waals surface area contributed by atoms with Crippen LogP contribution in [0.1, 0.15) is 0 Å². The molecule has 28 heavy (non-hydrogen) atoms. The van der Waals surface area contributed by atoms with Crippen LogP contribution in [0.15, 0.2) is 83.8 Å². The molecule has 0 aliphatic heterocycles. The van der Waals surface area contributed by atoms with Gasteiger partial charge in [0.05, 0.1) is 11.4 Å². The SMILES string of the molecule is c1ccc(-c2csc(-c3cccc(-c4nc(-c5ccccn5)cs4)c3)n2)nc1. The van der Waals surface area contributed by atoms with Gasteiger partial charge in [0.15, 0.2) is 0 Å². The van der Waals surface area contributed by atoms with Gasteiger partial charge in [-0.1, -0.05) is 30.3 Å². The maximum atomic E-state index is 4.77. The lowest BCUT2D eigenvalue weighted by Crippen LogP contribution is -1.84. The van der Waals surface area contributed by atoms with Crippen LogP contribution in [-0.4, -0.2) is 19.9 Å². The first-order valence-electron chi connectivity index (χ1n) is 8.71. The minimum absolute atomic E-state index is 0.890. The topological polar surface area (TPSA) is 51.6 Å². The van der Waals surface area contributed by atoms with Crippen LogP contribution in [0, 0.1) is 0 Å². The lowest BCUT2D eigenvalue weighted by molar-refractivity contribution is 1.28. The van der Waals surface area contributed by atoms with E-state index in [1.807, 2.05) is 53.2 Å². The van der Waals surface area contributed by atoms with Gasteiger partial charge in [-0.25, -0.2) is 9.97 Å². The fourth-order valence-electron chi connectivity index (χ4n) is 2.86. The van der Waals surface area contributed by atoms with Crippen molar-refractivity contribution in [2.45, 2.75) is 0 Å². The van der Waals surface area contributed by atoms with Crippen LogP contribution in [0.3, 0.4) is 0 Å². The highest BCUT2D eigenvalue weighted by atomic mass is 32.1. The molecule has 4 aromatic heterocycles. The first-order chi connectivity index (χ1) is 13.9. The first-order valence-corrected chi connectivity index (χ1v) is 10.5. The fourth-order valence-corrected chi connectivity index (χ4v) is 4.48. The Labute approximate surface area is 170 Å². The van der Waals surface area contributed by atoms with Crippen LogP contribution < -0.4 is 0 Å². The summed E-state index contributed by atoms with van der Waals surface area (Å²) in [6.45, 7) is 0. The number of thiazole rings is 2. The van der Waals surface area contributed by atoms with Crippen LogP contribution >= 0.6 is 22.7 Å². The summed E-state index contributed by atoms with van der Waals surface area (Å²) in [4.78, 5) is 18.3. The summed E-state index contributed by atoms with van der Waals surface area (Å²) in [7, 11) is 0. The summed E-state index contributed by atoms with van der Waals surface area (Å²) in [5.74, 6) is 0. The standard InChI is InChI=1S/C22H14N4S2/c1-3-10-23-17(8-1)19-13-27-21(25-19)15-6-5-7-16(12-15)22-26-20(14-28-22)18-9-2-4-11-24-18/h1-14H. The van der Waals surface area contributed by atoms with Crippen molar-refractivity contribution < 1.29 is 0 Å². The molecule has 0 saturated carbocycles. The van der Waals surface area contributed by atoms with E-state index >= 15 is 0 Å². The second-order valence-corrected chi connectivity index (χ2v) is 7.80. The third kappa shape index (κ3) is 3.35. The molecule has 0 atom stereocenters. The normalized spacial score (nSPS) is 10.9. The number of aromatic nitrogens is 4. The third-order valence-electron chi connectivity index (χ3n) is 4.22. The predicted octanol–water partition coefficient (Wildman–Crippen LogP) is 6.06. The molecule has 0 saturated heterocycles. The smallest absolute Gasteiger partial charge is 0.124 e. The molecule has 6 heteroatoms. The first kappa shape index (κ1) is 16.9. The molecule has 0 N–H and O–H groups in total. The maximum absolute atomic E-state index is 4.77. The Morgan fingerprint density at radius 1 is 0.536 bits per heavy atom. The van der Waals surface area contributed by atoms with E-state index in [1.165, 1.54) is 0 Å². The van der Waals surface area contributed by atoms with E-state index in [9.17, 15) is 0 Å². The van der Waals surface area contributed by atoms with E-state index < -0.39 is 0 Å². The van der Waals surface area contributed by atoms with E-state index in [0.717, 1.165) is 43.9 Å². The maximum Gasteiger partial charge on any atom is 0.124 e. The second-order valence-electron chi connectivity index (χ2n) is 6.09. The van der Waals surface area contributed by atoms with Crippen LogP contribution in [0.5, 0.6) is 0 Å². The molecule has 0 radical (unpaired) electrons. The van der Waals surface area contributed by atoms with Gasteiger partial charge in [-0.2, -0.15) is 0 Å². The second kappa shape index (κ2) is 7.42. The molecule has 1 aromatic carbocycles. The lowest BCUT2D eigenvalue weighted by atomic mass is 10.1. The molecule has 0 unspecified atom stereocenters. The average Bonchev–Trinajstić information content (AvgIpc) is 3.46. The Hall–Kier alpha value is -3.22. The van der Waals surface area contributed by atoms with Gasteiger partial charge in [0, 0.05) is 34.3 Å². The molecule has 0 bridgehead atoms. The van der Waals surface area contributed by atoms with Crippen LogP contribution in [0.25, 0.3) is 43.9 Å². The Balaban J connectivity index is 1.46. The zero-order valence-corrected chi connectivity index (χ0v) is 16.3. The number of hydrogen-bond acceptors (Lipinski definition) is 6. The van der Waals surface area contributed by atoms with E-state index in [0.29, 0.717) is 0 Å². The van der Waals surface area contributed by atoms with E-state index in [1.54, 1.807) is 35.1 Å². The van der Waals surface area contributed by atoms with E-state index in [-0.39, 0.29) is 0 Å². The zero-order valence-electron chi connectivity index (χ0n) is 14.7. The van der Waals surface area contributed by atoms with Crippen molar-refractivity contribution in [1.82, 2.24) is 19.9 Å². The van der Waals surface area contributed by atoms with Gasteiger partial charge in [0.25, 0.3) is 0 Å². The van der Waals surface area contributed by atoms with Gasteiger partial charge in [-0.3, -0.25) is 9.97 Å². The van der Waals surface area contributed by atoms with Crippen molar-refractivity contribution in [1.29, 1.82) is 0 Å². The van der Waals surface area contributed by atoms with Crippen LogP contribution in [0.2, 0.25) is 0 Å². The van der Waals surface area contributed by atoms with Gasteiger partial charge >= 0.3 is 0 Å². The minimum Gasteiger partial charge on any atom is -0.255 e. The highest BCUT2D eigenvalue weighted by Gasteiger charge is 2.11. The lowest BCUT2D eigenvalue weighted by Gasteiger charge is -2.01. The van der Waals surface area contributed by atoms with Gasteiger partial charge in [0.1, 0.15) is 21.4 Å². The highest BCUT2D eigenvalue weighted by molar-refractivity contribution is 7.14. The summed E-state index contributed by atoms with van der Waals surface area (Å²) in [6, 6.07) is 20.1. The summed E-state index contributed by atoms with van der Waals surface area (Å²) < 4.78 is 0. The fraction of sp³-hybridized carbons (Fsp3) is 0. The summed E-state index contributed by atoms with van der Waals surface area (Å²) >= 11 is 3.25. The molecule has 4 heterocycles. The summed E-state index contributed by atoms with van der Waals surface area (Å²) in [5.41, 5.74) is 5.75. The van der Waals surface area contributed by atoms with Crippen molar-refractivity contribution >= 4 is 22.7 Å². The minimum atomic E-state index is 0.890. The number of nitrogens with zero attached hydrogens (tertiary/aromatic N) is 4. The Bertz CT molecular complexity index is 1120. The highest BCUT2D eigenvalue weighted by Crippen LogP contribution is 2.33. The van der Waals surface area contributed by atoms with E-state index in [4.69, 9.17) is 9.97 Å². The van der Waals surface area contributed by atoms with Gasteiger partial charge in [-0.05, 0) is 30.3 Å². The number of hydrogen-bond donors (Lipinski definition) is 0. The largest absolute Gasteiger partial charge is 0.255 e. The molecule has 5 aromatic rings. The van der Waals surface area contributed by atoms with Gasteiger partial charge < -0.3 is 0 Å². The monoisotopic (exact) mass is 398 g/mol. The van der Waals surface area contributed by atoms with Crippen molar-refractivity contribution in [3.63, 3.8) is 0 Å². The average molecular weight is 399 g/mol. The molecular formula is C22H14N4S2. The Kier molecular flexibility index (Phi) is 4.48. The third-order valence-corrected chi connectivity index (χ3v) is 6.00. The molecule has 134 valence electrons. The van der Waals surface area contributed by atoms with Crippen molar-refractivity contribution in [2.75, 3.05) is 0 Å². The Morgan fingerprint density at radius 3 is 1.54 bits per heavy atom. The van der Waals surface area contributed by atoms with Gasteiger partial charge in [0.2, 0.25) is 0 Å². The molecule has 5 rings (SSSR count). The predicted molar refractivity (Wildman–Crippen MR) is 115 cm³/mol. The van der Waals surface area contributed by atoms with Gasteiger partial charge in [-0.15, -0.1) is 22.7 Å². The quantitative estimate of drug-likeness (QED) is 0.369. The number of rotatable bonds is 4. The molecule has 0 spiro atoms. The summed E-state index contributed by atoms with van der Waals surface area (Å²) in [5, 5.41) is 6.05. The Morgan fingerprint density at radius 2 is 1.07 bits per heavy atom. The van der Waals surface area contributed by atoms with Crippen LogP contribution in [0.4, 0.5) is 0 Å². The number of benzene rings is 1. The molecular weight excluding hydrogens is 384 g/mol. The molecule has 0 fully saturated rings. The van der Waals surface area contributed by atoms with Crippen molar-refractivity contribution in [3.8, 4) is 43.9 Å². The molecule has 0 aliphatic rings. The van der Waals surface area contributed by atoms with Crippen molar-refractivity contribution in [3.05, 3.63) is 83.8 Å². The van der Waals surface area contributed by atoms with Crippen LogP contribution in [-0.2, 0) is 0 Å². The zero-order chi connectivity index (χ0) is 18.8. The molecule has 0 aliphatic carbocycles. The van der Waals surface area contributed by atoms with Crippen molar-refractivity contribution in [2.24, 2.45) is 0 Å². The summed E-state index contributed by atoms with van der Waals surface area (Å²) in [6.07, 6.45) is 3.58. The van der Waals surface area contributed by atoms with E-state index in [2.05, 4.69) is 28.2 Å². The molecule has 4 nitrogen and oxygen atoms in total.